The van der Waals surface area contributed by atoms with Crippen molar-refractivity contribution in [3.8, 4) is 11.3 Å². The molecule has 1 nitrogen and oxygen atoms in total. The summed E-state index contributed by atoms with van der Waals surface area (Å²) in [5.74, 6) is 0. The largest absolute Gasteiger partial charge is 0.221 e. The Kier molecular flexibility index (Phi) is 4.73. The number of hydrogen-bond acceptors (Lipinski definition) is 0. The molecule has 0 atom stereocenters. The summed E-state index contributed by atoms with van der Waals surface area (Å²) >= 11 is 0. The zero-order valence-electron chi connectivity index (χ0n) is 18.9. The van der Waals surface area contributed by atoms with Gasteiger partial charge >= 0.3 is 0 Å². The molecule has 0 N–H and O–H groups in total. The molecule has 0 aliphatic rings. The molecule has 0 fully saturated rings. The predicted molar refractivity (Wildman–Crippen MR) is 125 cm³/mol. The molecule has 0 saturated heterocycles. The first-order valence-corrected chi connectivity index (χ1v) is 10.6. The molecule has 0 aliphatic carbocycles. The van der Waals surface area contributed by atoms with Crippen molar-refractivity contribution in [2.45, 2.75) is 48.0 Å². The molecule has 0 radical (unpaired) electrons. The highest BCUT2D eigenvalue weighted by molar-refractivity contribution is 6.13. The molecular formula is C28H32N+. The van der Waals surface area contributed by atoms with Gasteiger partial charge < -0.3 is 0 Å². The van der Waals surface area contributed by atoms with E-state index in [-0.39, 0.29) is 5.41 Å². The van der Waals surface area contributed by atoms with Crippen LogP contribution in [0.25, 0.3) is 32.8 Å². The predicted octanol–water partition coefficient (Wildman–Crippen LogP) is 7.00. The van der Waals surface area contributed by atoms with E-state index in [1.807, 2.05) is 0 Å². The summed E-state index contributed by atoms with van der Waals surface area (Å²) in [6.07, 6.45) is 3.27. The number of hydrogen-bond donors (Lipinski definition) is 0. The van der Waals surface area contributed by atoms with Gasteiger partial charge in [-0.3, -0.25) is 0 Å². The van der Waals surface area contributed by atoms with Crippen LogP contribution in [0, 0.1) is 26.2 Å². The van der Waals surface area contributed by atoms with Gasteiger partial charge in [-0.15, -0.1) is 0 Å². The average molecular weight is 383 g/mol. The molecule has 0 saturated carbocycles. The van der Waals surface area contributed by atoms with Gasteiger partial charge in [0.25, 0.3) is 0 Å². The van der Waals surface area contributed by atoms with Gasteiger partial charge in [0.2, 0.25) is 5.69 Å². The molecule has 0 unspecified atom stereocenters. The van der Waals surface area contributed by atoms with Crippen molar-refractivity contribution in [2.24, 2.45) is 12.5 Å². The van der Waals surface area contributed by atoms with Crippen LogP contribution < -0.4 is 4.57 Å². The molecule has 4 rings (SSSR count). The van der Waals surface area contributed by atoms with E-state index in [4.69, 9.17) is 0 Å². The SMILES string of the molecule is Cc1cc(C)c(C)c(-c2c3c(ccc4c(CC(C)(C)C)cccc43)cc[n+]2C)c1. The highest BCUT2D eigenvalue weighted by Crippen LogP contribution is 2.36. The summed E-state index contributed by atoms with van der Waals surface area (Å²) in [6, 6.07) is 18.3. The summed E-state index contributed by atoms with van der Waals surface area (Å²) < 4.78 is 2.29. The van der Waals surface area contributed by atoms with E-state index in [1.165, 1.54) is 55.1 Å². The van der Waals surface area contributed by atoms with Crippen LogP contribution in [0.3, 0.4) is 0 Å². The second-order valence-electron chi connectivity index (χ2n) is 9.81. The molecule has 0 amide bonds. The highest BCUT2D eigenvalue weighted by Gasteiger charge is 2.21. The Labute approximate surface area is 175 Å². The van der Waals surface area contributed by atoms with Gasteiger partial charge in [0.1, 0.15) is 7.05 Å². The summed E-state index contributed by atoms with van der Waals surface area (Å²) in [6.45, 7) is 13.6. The zero-order valence-corrected chi connectivity index (χ0v) is 18.9. The van der Waals surface area contributed by atoms with Crippen molar-refractivity contribution < 1.29 is 4.57 Å². The lowest BCUT2D eigenvalue weighted by Crippen LogP contribution is -2.31. The third-order valence-corrected chi connectivity index (χ3v) is 6.04. The quantitative estimate of drug-likeness (QED) is 0.260. The van der Waals surface area contributed by atoms with E-state index in [9.17, 15) is 0 Å². The van der Waals surface area contributed by atoms with Crippen molar-refractivity contribution in [1.29, 1.82) is 0 Å². The van der Waals surface area contributed by atoms with Gasteiger partial charge in [0.15, 0.2) is 6.20 Å². The van der Waals surface area contributed by atoms with E-state index < -0.39 is 0 Å². The molecule has 0 bridgehead atoms. The number of aryl methyl sites for hydroxylation is 3. The van der Waals surface area contributed by atoms with E-state index in [1.54, 1.807) is 0 Å². The Morgan fingerprint density at radius 3 is 2.34 bits per heavy atom. The lowest BCUT2D eigenvalue weighted by molar-refractivity contribution is -0.659. The Hall–Kier alpha value is -2.67. The molecule has 29 heavy (non-hydrogen) atoms. The van der Waals surface area contributed by atoms with E-state index in [0.717, 1.165) is 6.42 Å². The van der Waals surface area contributed by atoms with Crippen molar-refractivity contribution in [3.05, 3.63) is 77.0 Å². The fourth-order valence-corrected chi connectivity index (χ4v) is 4.62. The van der Waals surface area contributed by atoms with Crippen LogP contribution in [0.5, 0.6) is 0 Å². The molecular weight excluding hydrogens is 350 g/mol. The van der Waals surface area contributed by atoms with Crippen molar-refractivity contribution >= 4 is 21.5 Å². The molecule has 1 heterocycles. The molecule has 3 aromatic carbocycles. The Bertz CT molecular complexity index is 1240. The number of rotatable bonds is 2. The fourth-order valence-electron chi connectivity index (χ4n) is 4.62. The average Bonchev–Trinajstić information content (AvgIpc) is 2.63. The maximum Gasteiger partial charge on any atom is 0.221 e. The number of fused-ring (bicyclic) bond motifs is 3. The van der Waals surface area contributed by atoms with Crippen molar-refractivity contribution in [1.82, 2.24) is 0 Å². The maximum atomic E-state index is 2.34. The van der Waals surface area contributed by atoms with Crippen LogP contribution in [0.15, 0.2) is 54.7 Å². The van der Waals surface area contributed by atoms with Crippen molar-refractivity contribution in [2.75, 3.05) is 0 Å². The Balaban J connectivity index is 2.14. The van der Waals surface area contributed by atoms with E-state index in [0.29, 0.717) is 0 Å². The number of aromatic nitrogens is 1. The monoisotopic (exact) mass is 382 g/mol. The third-order valence-electron chi connectivity index (χ3n) is 6.04. The summed E-state index contributed by atoms with van der Waals surface area (Å²) in [5.41, 5.74) is 8.37. The van der Waals surface area contributed by atoms with Crippen LogP contribution in [0.4, 0.5) is 0 Å². The summed E-state index contributed by atoms with van der Waals surface area (Å²) in [5, 5.41) is 5.40. The lowest BCUT2D eigenvalue weighted by atomic mass is 9.85. The maximum absolute atomic E-state index is 2.34. The smallest absolute Gasteiger partial charge is 0.200 e. The topological polar surface area (TPSA) is 3.88 Å². The molecule has 0 aliphatic heterocycles. The highest BCUT2D eigenvalue weighted by atomic mass is 14.9. The van der Waals surface area contributed by atoms with Gasteiger partial charge in [-0.2, -0.15) is 0 Å². The van der Waals surface area contributed by atoms with Crippen LogP contribution in [0.2, 0.25) is 0 Å². The van der Waals surface area contributed by atoms with Gasteiger partial charge in [-0.05, 0) is 71.5 Å². The normalized spacial score (nSPS) is 12.1. The molecule has 0 spiro atoms. The molecule has 1 heteroatoms. The number of benzene rings is 3. The first kappa shape index (κ1) is 19.6. The second-order valence-corrected chi connectivity index (χ2v) is 9.81. The second kappa shape index (κ2) is 6.99. The van der Waals surface area contributed by atoms with Crippen LogP contribution >= 0.6 is 0 Å². The standard InChI is InChI=1S/C28H32N/c1-18-15-19(2)20(3)25(16-18)27-26-21(13-14-29(27)7)11-12-23-22(17-28(4,5)6)9-8-10-24(23)26/h8-16H,17H2,1-7H3/q+1. The van der Waals surface area contributed by atoms with Crippen LogP contribution in [0.1, 0.15) is 43.0 Å². The third kappa shape index (κ3) is 3.55. The van der Waals surface area contributed by atoms with E-state index in [2.05, 4.69) is 108 Å². The molecule has 148 valence electrons. The first-order valence-electron chi connectivity index (χ1n) is 10.6. The van der Waals surface area contributed by atoms with Gasteiger partial charge in [0, 0.05) is 6.07 Å². The van der Waals surface area contributed by atoms with Crippen LogP contribution in [-0.4, -0.2) is 0 Å². The number of pyridine rings is 1. The summed E-state index contributed by atoms with van der Waals surface area (Å²) in [7, 11) is 2.17. The zero-order chi connectivity index (χ0) is 20.9. The summed E-state index contributed by atoms with van der Waals surface area (Å²) in [4.78, 5) is 0. The van der Waals surface area contributed by atoms with E-state index >= 15 is 0 Å². The van der Waals surface area contributed by atoms with Gasteiger partial charge in [0.05, 0.1) is 10.9 Å². The van der Waals surface area contributed by atoms with Gasteiger partial charge in [-0.25, -0.2) is 4.57 Å². The molecule has 1 aromatic heterocycles. The first-order chi connectivity index (χ1) is 13.7. The minimum atomic E-state index is 0.262. The Morgan fingerprint density at radius 1 is 0.862 bits per heavy atom. The van der Waals surface area contributed by atoms with Gasteiger partial charge in [-0.1, -0.05) is 62.7 Å². The molecule has 4 aromatic rings. The van der Waals surface area contributed by atoms with Crippen LogP contribution in [-0.2, 0) is 13.5 Å². The fraction of sp³-hybridized carbons (Fsp3) is 0.321. The minimum Gasteiger partial charge on any atom is -0.200 e. The number of nitrogens with zero attached hydrogens (tertiary/aromatic N) is 1. The lowest BCUT2D eigenvalue weighted by Gasteiger charge is -2.20. The van der Waals surface area contributed by atoms with Crippen molar-refractivity contribution in [3.63, 3.8) is 0 Å². The Morgan fingerprint density at radius 2 is 1.62 bits per heavy atom. The minimum absolute atomic E-state index is 0.262.